The van der Waals surface area contributed by atoms with Gasteiger partial charge in [-0.05, 0) is 106 Å². The van der Waals surface area contributed by atoms with E-state index in [4.69, 9.17) is 33.2 Å². The molecular weight excluding hydrogens is 805 g/mol. The van der Waals surface area contributed by atoms with Crippen molar-refractivity contribution in [2.75, 3.05) is 34.3 Å². The zero-order valence-electron chi connectivity index (χ0n) is 39.3. The highest BCUT2D eigenvalue weighted by Gasteiger charge is 2.53. The molecule has 1 amide bonds. The van der Waals surface area contributed by atoms with Crippen molar-refractivity contribution in [2.45, 2.75) is 192 Å². The lowest BCUT2D eigenvalue weighted by Gasteiger charge is -2.48. The van der Waals surface area contributed by atoms with Crippen molar-refractivity contribution < 1.29 is 63.2 Å². The van der Waals surface area contributed by atoms with E-state index in [0.29, 0.717) is 19.4 Å². The highest BCUT2D eigenvalue weighted by Crippen LogP contribution is 2.40. The zero-order valence-corrected chi connectivity index (χ0v) is 39.3. The number of aliphatic hydroxyl groups is 4. The van der Waals surface area contributed by atoms with Crippen LogP contribution in [0.5, 0.6) is 0 Å². The number of rotatable bonds is 11. The van der Waals surface area contributed by atoms with Crippen LogP contribution >= 0.6 is 0 Å². The molecule has 0 spiro atoms. The molecule has 3 aliphatic rings. The van der Waals surface area contributed by atoms with Crippen LogP contribution in [0.25, 0.3) is 0 Å². The molecule has 18 atom stereocenters. The number of amides is 1. The molecule has 3 saturated heterocycles. The minimum absolute atomic E-state index is 0.101. The van der Waals surface area contributed by atoms with Gasteiger partial charge in [0.05, 0.1) is 41.5 Å². The predicted octanol–water partition coefficient (Wildman–Crippen LogP) is 2.93. The van der Waals surface area contributed by atoms with Gasteiger partial charge < -0.3 is 69.1 Å². The minimum atomic E-state index is -1.90. The molecule has 6 N–H and O–H groups in total. The third-order valence-electron chi connectivity index (χ3n) is 13.3. The standard InChI is InChI=1S/C45H78N4O13/c1-14-33-45(10,55)39(62-42(53)47-20-18-31-17-15-16-19-46-31)29(6)48-24-25(2)22-43(8,54)38(61-41-35(50)32(49(11)12)21-26(3)57-41)27(4)36(28(5)40(52)59-33)60-34-23-44(9,56-13)37(51)30(7)58-34/h15-17,19,25-30,32-39,41,48,50-51,54-55H,14,18,20-24H2,1-13H3,(H,47,53)/t25-,26-,27+,28-,29-,30+,32+,33-,34+,35-,36+,37+,38-,39-,41+,43-,44-,45-/m1/s1. The largest absolute Gasteiger partial charge is 0.459 e. The van der Waals surface area contributed by atoms with Crippen LogP contribution < -0.4 is 10.6 Å². The molecule has 0 aliphatic carbocycles. The van der Waals surface area contributed by atoms with Crippen LogP contribution in [-0.4, -0.2) is 167 Å². The van der Waals surface area contributed by atoms with Gasteiger partial charge in [-0.15, -0.1) is 0 Å². The van der Waals surface area contributed by atoms with E-state index in [1.165, 1.54) is 14.0 Å². The Kier molecular flexibility index (Phi) is 18.6. The Balaban J connectivity index is 1.75. The van der Waals surface area contributed by atoms with Gasteiger partial charge in [-0.25, -0.2) is 4.79 Å². The van der Waals surface area contributed by atoms with Gasteiger partial charge in [0.25, 0.3) is 0 Å². The van der Waals surface area contributed by atoms with Crippen LogP contribution in [-0.2, 0) is 44.4 Å². The highest BCUT2D eigenvalue weighted by atomic mass is 16.7. The number of methoxy groups -OCH3 is 1. The molecular formula is C45H78N4O13. The van der Waals surface area contributed by atoms with Crippen LogP contribution in [0.1, 0.15) is 101 Å². The number of carbonyl (C=O) groups excluding carboxylic acids is 2. The number of likely N-dealkylation sites (N-methyl/N-ethyl adjacent to an activating group) is 1. The molecule has 0 aromatic carbocycles. The van der Waals surface area contributed by atoms with Crippen LogP contribution in [0.2, 0.25) is 0 Å². The second kappa shape index (κ2) is 22.1. The number of ether oxygens (including phenoxy) is 7. The molecule has 0 saturated carbocycles. The number of pyridine rings is 1. The molecule has 1 aromatic heterocycles. The fourth-order valence-corrected chi connectivity index (χ4v) is 9.57. The second-order valence-electron chi connectivity index (χ2n) is 19.1. The van der Waals surface area contributed by atoms with Gasteiger partial charge >= 0.3 is 12.1 Å². The number of nitrogens with zero attached hydrogens (tertiary/aromatic N) is 2. The quantitative estimate of drug-likeness (QED) is 0.176. The summed E-state index contributed by atoms with van der Waals surface area (Å²) in [6.45, 7) is 18.0. The fourth-order valence-electron chi connectivity index (χ4n) is 9.57. The van der Waals surface area contributed by atoms with Gasteiger partial charge in [0, 0.05) is 56.4 Å². The average molecular weight is 883 g/mol. The Bertz CT molecular complexity index is 1560. The molecule has 62 heavy (non-hydrogen) atoms. The van der Waals surface area contributed by atoms with Crippen molar-refractivity contribution in [3.8, 4) is 0 Å². The monoisotopic (exact) mass is 883 g/mol. The molecule has 17 nitrogen and oxygen atoms in total. The first-order chi connectivity index (χ1) is 28.9. The summed E-state index contributed by atoms with van der Waals surface area (Å²) >= 11 is 0. The maximum atomic E-state index is 14.6. The van der Waals surface area contributed by atoms with E-state index < -0.39 is 102 Å². The summed E-state index contributed by atoms with van der Waals surface area (Å²) in [5.41, 5.74) is -3.79. The maximum absolute atomic E-state index is 14.6. The Morgan fingerprint density at radius 2 is 1.71 bits per heavy atom. The molecule has 4 heterocycles. The molecule has 356 valence electrons. The third kappa shape index (κ3) is 12.8. The topological polar surface area (TPSA) is 220 Å². The number of hydrogen-bond donors (Lipinski definition) is 6. The van der Waals surface area contributed by atoms with E-state index in [9.17, 15) is 30.0 Å². The van der Waals surface area contributed by atoms with Crippen LogP contribution in [0.15, 0.2) is 24.4 Å². The molecule has 17 heteroatoms. The van der Waals surface area contributed by atoms with E-state index in [2.05, 4.69) is 15.6 Å². The average Bonchev–Trinajstić information content (AvgIpc) is 3.21. The number of aliphatic hydroxyl groups excluding tert-OH is 2. The van der Waals surface area contributed by atoms with Gasteiger partial charge in [0.1, 0.15) is 23.9 Å². The van der Waals surface area contributed by atoms with Crippen LogP contribution in [0.3, 0.4) is 0 Å². The Morgan fingerprint density at radius 1 is 1.02 bits per heavy atom. The van der Waals surface area contributed by atoms with Crippen LogP contribution in [0, 0.1) is 17.8 Å². The summed E-state index contributed by atoms with van der Waals surface area (Å²) in [5.74, 6) is -2.84. The van der Waals surface area contributed by atoms with E-state index in [0.717, 1.165) is 5.69 Å². The Labute approximate surface area is 368 Å². The van der Waals surface area contributed by atoms with E-state index in [1.807, 2.05) is 51.0 Å². The highest BCUT2D eigenvalue weighted by molar-refractivity contribution is 5.73. The zero-order chi connectivity index (χ0) is 46.3. The SMILES string of the molecule is CC[C@H]1OC(=O)[C@H](C)[C@@H](O[C@H]2C[C@@](C)(OC)[C@@H](O)[C@H](C)O2)[C@H](C)[C@@H](O[C@@H]2O[C@H](C)C[C@H](N(C)C)[C@H]2O)[C@](C)(O)C[C@@H](C)CN[C@H](C)[C@@H](OC(=O)NCCc2ccccn2)[C@]1(C)O. The number of aromatic nitrogens is 1. The molecule has 1 aromatic rings. The number of alkyl carbamates (subject to hydrolysis) is 1. The molecule has 0 bridgehead atoms. The number of hydrogen-bond acceptors (Lipinski definition) is 16. The van der Waals surface area contributed by atoms with Gasteiger partial charge in [0.2, 0.25) is 0 Å². The van der Waals surface area contributed by atoms with Gasteiger partial charge in [0.15, 0.2) is 18.7 Å². The van der Waals surface area contributed by atoms with Crippen molar-refractivity contribution in [1.82, 2.24) is 20.5 Å². The molecule has 0 unspecified atom stereocenters. The van der Waals surface area contributed by atoms with Crippen molar-refractivity contribution in [3.05, 3.63) is 30.1 Å². The summed E-state index contributed by atoms with van der Waals surface area (Å²) in [7, 11) is 5.25. The third-order valence-corrected chi connectivity index (χ3v) is 13.3. The summed E-state index contributed by atoms with van der Waals surface area (Å²) in [6, 6.07) is 4.56. The summed E-state index contributed by atoms with van der Waals surface area (Å²) in [4.78, 5) is 34.2. The van der Waals surface area contributed by atoms with Crippen molar-refractivity contribution in [3.63, 3.8) is 0 Å². The lowest BCUT2D eigenvalue weighted by molar-refractivity contribution is -0.318. The fraction of sp³-hybridized carbons (Fsp3) is 0.844. The number of esters is 1. The molecule has 4 rings (SSSR count). The summed E-state index contributed by atoms with van der Waals surface area (Å²) < 4.78 is 43.9. The lowest BCUT2D eigenvalue weighted by Crippen LogP contribution is -2.61. The molecule has 0 radical (unpaired) electrons. The van der Waals surface area contributed by atoms with E-state index >= 15 is 0 Å². The van der Waals surface area contributed by atoms with Crippen molar-refractivity contribution in [1.29, 1.82) is 0 Å². The van der Waals surface area contributed by atoms with Gasteiger partial charge in [-0.2, -0.15) is 0 Å². The first kappa shape index (κ1) is 52.1. The molecule has 3 aliphatic heterocycles. The second-order valence-corrected chi connectivity index (χ2v) is 19.1. The number of carbonyl (C=O) groups is 2. The first-order valence-corrected chi connectivity index (χ1v) is 22.4. The number of cyclic esters (lactones) is 1. The Morgan fingerprint density at radius 3 is 2.32 bits per heavy atom. The smallest absolute Gasteiger partial charge is 0.407 e. The predicted molar refractivity (Wildman–Crippen MR) is 230 cm³/mol. The van der Waals surface area contributed by atoms with Gasteiger partial charge in [-0.1, -0.05) is 26.8 Å². The lowest BCUT2D eigenvalue weighted by atomic mass is 9.77. The van der Waals surface area contributed by atoms with Gasteiger partial charge in [-0.3, -0.25) is 9.78 Å². The van der Waals surface area contributed by atoms with Crippen LogP contribution in [0.4, 0.5) is 4.79 Å². The first-order valence-electron chi connectivity index (χ1n) is 22.4. The van der Waals surface area contributed by atoms with E-state index in [1.54, 1.807) is 54.7 Å². The summed E-state index contributed by atoms with van der Waals surface area (Å²) in [6.07, 6.45) is -7.36. The minimum Gasteiger partial charge on any atom is -0.459 e. The number of nitrogens with one attached hydrogen (secondary N) is 2. The normalized spacial score (nSPS) is 42.9. The Hall–Kier alpha value is -2.55. The van der Waals surface area contributed by atoms with E-state index in [-0.39, 0.29) is 43.9 Å². The maximum Gasteiger partial charge on any atom is 0.407 e. The summed E-state index contributed by atoms with van der Waals surface area (Å²) in [5, 5.41) is 53.8. The van der Waals surface area contributed by atoms with Crippen molar-refractivity contribution in [2.24, 2.45) is 17.8 Å². The molecule has 3 fully saturated rings. The van der Waals surface area contributed by atoms with Crippen molar-refractivity contribution >= 4 is 12.1 Å².